The maximum Gasteiger partial charge on any atom is 0.472 e. The van der Waals surface area contributed by atoms with Crippen LogP contribution in [0.1, 0.15) is 349 Å². The van der Waals surface area contributed by atoms with E-state index in [1.54, 1.807) is 0 Å². The van der Waals surface area contributed by atoms with Gasteiger partial charge in [-0.25, -0.2) is 9.13 Å². The Morgan fingerprint density at radius 1 is 0.269 bits per heavy atom. The number of phosphoric acid groups is 2. The van der Waals surface area contributed by atoms with Crippen LogP contribution in [0.3, 0.4) is 0 Å². The monoisotopic (exact) mass is 1500 g/mol. The number of unbranched alkanes of at least 4 members (excludes halogenated alkanes) is 33. The van der Waals surface area contributed by atoms with E-state index in [2.05, 4.69) is 125 Å². The molecule has 5 atom stereocenters. The average Bonchev–Trinajstić information content (AvgIpc) is 0.918. The molecule has 19 heteroatoms. The van der Waals surface area contributed by atoms with Crippen molar-refractivity contribution >= 4 is 39.5 Å². The van der Waals surface area contributed by atoms with Crippen molar-refractivity contribution in [2.75, 3.05) is 39.6 Å². The molecule has 0 aromatic heterocycles. The SMILES string of the molecule is CCCCC/C=C\C/C=C\C/C=C\C/C=C\C/C=C\CCC(=O)OC[C@H](COP(=O)(O)OC[C@@H](O)COP(=O)(O)OC[C@@H](COC(=O)CCCCCCC/C=C\C/C=C\CCCCC)OC(=O)CCCCCCC/C=C\C/C=C\CCCCC)OC(=O)CCCCCCCCCCCCCCCCC. The molecule has 0 aliphatic carbocycles. The summed E-state index contributed by atoms with van der Waals surface area (Å²) < 4.78 is 68.6. The molecule has 0 fully saturated rings. The second-order valence-electron chi connectivity index (χ2n) is 27.4. The van der Waals surface area contributed by atoms with Crippen molar-refractivity contribution in [1.29, 1.82) is 0 Å². The smallest absolute Gasteiger partial charge is 0.462 e. The highest BCUT2D eigenvalue weighted by Crippen LogP contribution is 2.45. The zero-order chi connectivity index (χ0) is 76.0. The molecule has 0 aliphatic rings. The predicted molar refractivity (Wildman–Crippen MR) is 427 cm³/mol. The second-order valence-corrected chi connectivity index (χ2v) is 30.3. The maximum atomic E-state index is 13.1. The van der Waals surface area contributed by atoms with E-state index in [1.165, 1.54) is 122 Å². The topological polar surface area (TPSA) is 237 Å². The molecule has 0 saturated heterocycles. The van der Waals surface area contributed by atoms with Crippen molar-refractivity contribution in [2.45, 2.75) is 367 Å². The molecule has 3 N–H and O–H groups in total. The minimum atomic E-state index is -4.99. The first-order valence-electron chi connectivity index (χ1n) is 41.1. The molecule has 0 radical (unpaired) electrons. The van der Waals surface area contributed by atoms with Gasteiger partial charge in [0.15, 0.2) is 12.2 Å². The number of aliphatic hydroxyl groups is 1. The number of ether oxygens (including phenoxy) is 4. The summed E-state index contributed by atoms with van der Waals surface area (Å²) >= 11 is 0. The van der Waals surface area contributed by atoms with Crippen LogP contribution in [0.15, 0.2) is 109 Å². The van der Waals surface area contributed by atoms with Crippen molar-refractivity contribution in [1.82, 2.24) is 0 Å². The van der Waals surface area contributed by atoms with E-state index in [-0.39, 0.29) is 25.7 Å². The fraction of sp³-hybridized carbons (Fsp3) is 0.741. The number of carbonyl (C=O) groups is 4. The van der Waals surface area contributed by atoms with E-state index >= 15 is 0 Å². The molecule has 0 amide bonds. The van der Waals surface area contributed by atoms with Crippen molar-refractivity contribution in [2.24, 2.45) is 0 Å². The molecule has 0 aliphatic heterocycles. The Kier molecular flexibility index (Phi) is 73.7. The Balaban J connectivity index is 5.43. The number of hydrogen-bond acceptors (Lipinski definition) is 15. The lowest BCUT2D eigenvalue weighted by Gasteiger charge is -2.21. The molecule has 2 unspecified atom stereocenters. The zero-order valence-electron chi connectivity index (χ0n) is 65.7. The second kappa shape index (κ2) is 76.9. The van der Waals surface area contributed by atoms with Crippen molar-refractivity contribution in [3.05, 3.63) is 109 Å². The standard InChI is InChI=1S/C85H148O17P2/c1-5-9-13-17-21-25-29-33-37-38-39-40-44-46-50-54-58-62-66-70-83(88)96-76-81(102-85(90)72-68-64-60-56-52-48-43-36-32-28-24-20-16-12-8-4)78-100-104(93,94)98-74-79(86)73-97-103(91,92)99-77-80(101-84(89)71-67-63-59-55-51-47-42-35-31-27-23-19-15-11-7-3)75-95-82(87)69-65-61-57-53-49-45-41-34-30-26-22-18-14-10-6-2/h21-23,25-27,33-35,37,39-42,46,50,58,62,79-81,86H,5-20,24,28-32,36,38,43-45,47-49,51-57,59-61,63-78H2,1-4H3,(H,91,92)(H,93,94)/b25-21-,26-22-,27-23-,37-33-,40-39-,41-34-,42-35-,50-46-,62-58-/t79-,80+,81+/m0/s1. The summed E-state index contributed by atoms with van der Waals surface area (Å²) in [6.45, 7) is 4.73. The molecule has 0 rings (SSSR count). The summed E-state index contributed by atoms with van der Waals surface area (Å²) in [7, 11) is -9.98. The van der Waals surface area contributed by atoms with Gasteiger partial charge < -0.3 is 33.8 Å². The number of hydrogen-bond donors (Lipinski definition) is 3. The van der Waals surface area contributed by atoms with Crippen LogP contribution >= 0.6 is 15.6 Å². The highest BCUT2D eigenvalue weighted by molar-refractivity contribution is 7.47. The van der Waals surface area contributed by atoms with Gasteiger partial charge in [-0.1, -0.05) is 304 Å². The van der Waals surface area contributed by atoms with Gasteiger partial charge in [0.2, 0.25) is 0 Å². The predicted octanol–water partition coefficient (Wildman–Crippen LogP) is 24.1. The van der Waals surface area contributed by atoms with Crippen LogP contribution in [0, 0.1) is 0 Å². The summed E-state index contributed by atoms with van der Waals surface area (Å²) in [6.07, 6.45) is 83.5. The van der Waals surface area contributed by atoms with Gasteiger partial charge in [0, 0.05) is 25.7 Å². The normalized spacial score (nSPS) is 14.4. The van der Waals surface area contributed by atoms with Crippen LogP contribution < -0.4 is 0 Å². The van der Waals surface area contributed by atoms with Crippen molar-refractivity contribution in [3.8, 4) is 0 Å². The third-order valence-electron chi connectivity index (χ3n) is 17.2. The summed E-state index contributed by atoms with van der Waals surface area (Å²) in [5, 5.41) is 10.6. The zero-order valence-corrected chi connectivity index (χ0v) is 67.5. The largest absolute Gasteiger partial charge is 0.472 e. The average molecular weight is 1500 g/mol. The first kappa shape index (κ1) is 99.7. The number of allylic oxidation sites excluding steroid dienone is 18. The molecule has 0 spiro atoms. The van der Waals surface area contributed by atoms with Crippen LogP contribution in [0.2, 0.25) is 0 Å². The Bertz CT molecular complexity index is 2390. The lowest BCUT2D eigenvalue weighted by atomic mass is 10.0. The fourth-order valence-electron chi connectivity index (χ4n) is 10.9. The number of rotatable bonds is 77. The third-order valence-corrected chi connectivity index (χ3v) is 19.1. The summed E-state index contributed by atoms with van der Waals surface area (Å²) in [4.78, 5) is 73.0. The van der Waals surface area contributed by atoms with E-state index in [4.69, 9.17) is 37.0 Å². The minimum Gasteiger partial charge on any atom is -0.462 e. The molecule has 0 bridgehead atoms. The molecule has 0 heterocycles. The Morgan fingerprint density at radius 3 is 0.798 bits per heavy atom. The molecular formula is C85H148O17P2. The van der Waals surface area contributed by atoms with Crippen LogP contribution in [0.4, 0.5) is 0 Å². The van der Waals surface area contributed by atoms with Gasteiger partial charge in [-0.05, 0) is 128 Å². The van der Waals surface area contributed by atoms with Gasteiger partial charge in [0.25, 0.3) is 0 Å². The van der Waals surface area contributed by atoms with Gasteiger partial charge in [-0.2, -0.15) is 0 Å². The summed E-state index contributed by atoms with van der Waals surface area (Å²) in [5.41, 5.74) is 0. The number of phosphoric ester groups is 2. The number of carbonyl (C=O) groups excluding carboxylic acids is 4. The molecule has 600 valence electrons. The molecule has 0 saturated carbocycles. The van der Waals surface area contributed by atoms with Gasteiger partial charge in [-0.15, -0.1) is 0 Å². The van der Waals surface area contributed by atoms with E-state index in [9.17, 15) is 43.2 Å². The van der Waals surface area contributed by atoms with Crippen LogP contribution in [-0.4, -0.2) is 96.7 Å². The summed E-state index contributed by atoms with van der Waals surface area (Å²) in [5.74, 6) is -2.28. The fourth-order valence-corrected chi connectivity index (χ4v) is 12.5. The summed E-state index contributed by atoms with van der Waals surface area (Å²) in [6, 6.07) is 0. The van der Waals surface area contributed by atoms with Gasteiger partial charge in [-0.3, -0.25) is 37.3 Å². The number of esters is 4. The van der Waals surface area contributed by atoms with Crippen molar-refractivity contribution in [3.63, 3.8) is 0 Å². The molecule has 17 nitrogen and oxygen atoms in total. The van der Waals surface area contributed by atoms with Crippen LogP contribution in [0.25, 0.3) is 0 Å². The van der Waals surface area contributed by atoms with Gasteiger partial charge >= 0.3 is 39.5 Å². The first-order chi connectivity index (χ1) is 50.7. The third kappa shape index (κ3) is 75.9. The number of aliphatic hydroxyl groups excluding tert-OH is 1. The van der Waals surface area contributed by atoms with Crippen LogP contribution in [0.5, 0.6) is 0 Å². The highest BCUT2D eigenvalue weighted by atomic mass is 31.2. The van der Waals surface area contributed by atoms with Gasteiger partial charge in [0.1, 0.15) is 19.3 Å². The lowest BCUT2D eigenvalue weighted by molar-refractivity contribution is -0.161. The first-order valence-corrected chi connectivity index (χ1v) is 44.1. The molecule has 0 aromatic carbocycles. The van der Waals surface area contributed by atoms with Gasteiger partial charge in [0.05, 0.1) is 26.4 Å². The Hall–Kier alpha value is -4.28. The van der Waals surface area contributed by atoms with Crippen molar-refractivity contribution < 1.29 is 80.2 Å². The maximum absolute atomic E-state index is 13.1. The Labute approximate surface area is 632 Å². The highest BCUT2D eigenvalue weighted by Gasteiger charge is 2.30. The van der Waals surface area contributed by atoms with E-state index < -0.39 is 97.5 Å². The lowest BCUT2D eigenvalue weighted by Crippen LogP contribution is -2.30. The van der Waals surface area contributed by atoms with E-state index in [0.29, 0.717) is 32.1 Å². The molecule has 0 aromatic rings. The molecule has 104 heavy (non-hydrogen) atoms. The minimum absolute atomic E-state index is 0.0389. The molecular weight excluding hydrogens is 1350 g/mol. The van der Waals surface area contributed by atoms with E-state index in [1.807, 2.05) is 12.2 Å². The Morgan fingerprint density at radius 2 is 0.490 bits per heavy atom. The quantitative estimate of drug-likeness (QED) is 0.0169. The van der Waals surface area contributed by atoms with Crippen LogP contribution in [-0.2, 0) is 65.4 Å². The van der Waals surface area contributed by atoms with E-state index in [0.717, 1.165) is 141 Å².